The monoisotopic (exact) mass is 483 g/mol. The first kappa shape index (κ1) is 24.1. The van der Waals surface area contributed by atoms with Gasteiger partial charge < -0.3 is 15.4 Å². The summed E-state index contributed by atoms with van der Waals surface area (Å²) in [5.41, 5.74) is -0.586. The van der Waals surface area contributed by atoms with Crippen molar-refractivity contribution in [3.8, 4) is 0 Å². The van der Waals surface area contributed by atoms with Crippen LogP contribution in [0.3, 0.4) is 0 Å². The summed E-state index contributed by atoms with van der Waals surface area (Å²) in [5, 5.41) is 7.46. The van der Waals surface area contributed by atoms with Gasteiger partial charge in [0, 0.05) is 40.7 Å². The summed E-state index contributed by atoms with van der Waals surface area (Å²) in [5.74, 6) is 0.0330. The first-order chi connectivity index (χ1) is 15.5. The highest BCUT2D eigenvalue weighted by atomic mass is 35.5. The first-order valence-electron chi connectivity index (χ1n) is 11.4. The standard InChI is InChI=1S/C24H29ClF3N3O2/c1-23(2)13-14(9-10-33-23)22(32)30-17-6-4-16(5-7-17)29-20-12-21(24(26,27)28)31-19-8-3-15(25)11-18(19)20/h3,8,11-12,14,16-17H,4-7,9-10,13H2,1-2H3,(H,29,31)(H,30,32)/t14?,16-,17+. The van der Waals surface area contributed by atoms with E-state index in [0.717, 1.165) is 38.2 Å². The molecule has 1 saturated carbocycles. The van der Waals surface area contributed by atoms with Crippen LogP contribution in [0.5, 0.6) is 0 Å². The van der Waals surface area contributed by atoms with Gasteiger partial charge in [-0.1, -0.05) is 11.6 Å². The average molecular weight is 484 g/mol. The lowest BCUT2D eigenvalue weighted by Gasteiger charge is -2.36. The molecular formula is C24H29ClF3N3O2. The molecule has 0 radical (unpaired) electrons. The molecule has 2 aromatic rings. The minimum atomic E-state index is -4.54. The third-order valence-electron chi connectivity index (χ3n) is 6.56. The lowest BCUT2D eigenvalue weighted by molar-refractivity contribution is -0.141. The molecule has 1 unspecified atom stereocenters. The third-order valence-corrected chi connectivity index (χ3v) is 6.80. The molecule has 1 atom stereocenters. The molecule has 2 heterocycles. The van der Waals surface area contributed by atoms with Crippen molar-refractivity contribution in [3.05, 3.63) is 35.0 Å². The van der Waals surface area contributed by atoms with E-state index < -0.39 is 11.9 Å². The second-order valence-corrected chi connectivity index (χ2v) is 10.2. The Hall–Kier alpha value is -2.06. The van der Waals surface area contributed by atoms with E-state index in [1.807, 2.05) is 13.8 Å². The van der Waals surface area contributed by atoms with Crippen molar-refractivity contribution in [3.63, 3.8) is 0 Å². The third kappa shape index (κ3) is 5.90. The van der Waals surface area contributed by atoms with Crippen LogP contribution in [0.1, 0.15) is 58.1 Å². The normalized spacial score (nSPS) is 25.6. The Morgan fingerprint density at radius 2 is 1.82 bits per heavy atom. The summed E-state index contributed by atoms with van der Waals surface area (Å²) in [6.45, 7) is 4.60. The van der Waals surface area contributed by atoms with Crippen molar-refractivity contribution in [1.82, 2.24) is 10.3 Å². The minimum absolute atomic E-state index is 0.00540. The Morgan fingerprint density at radius 3 is 2.48 bits per heavy atom. The molecule has 1 aliphatic carbocycles. The predicted octanol–water partition coefficient (Wildman–Crippen LogP) is 5.95. The average Bonchev–Trinajstić information content (AvgIpc) is 2.74. The smallest absolute Gasteiger partial charge is 0.382 e. The number of nitrogens with one attached hydrogen (secondary N) is 2. The van der Waals surface area contributed by atoms with Crippen molar-refractivity contribution < 1.29 is 22.7 Å². The van der Waals surface area contributed by atoms with Crippen LogP contribution < -0.4 is 10.6 Å². The number of hydrogen-bond acceptors (Lipinski definition) is 4. The van der Waals surface area contributed by atoms with Crippen molar-refractivity contribution in [2.45, 2.75) is 76.2 Å². The number of rotatable bonds is 4. The van der Waals surface area contributed by atoms with Gasteiger partial charge in [-0.25, -0.2) is 4.98 Å². The van der Waals surface area contributed by atoms with Crippen LogP contribution in [0.4, 0.5) is 18.9 Å². The SMILES string of the molecule is CC1(C)CC(C(=O)N[C@H]2CC[C@@H](Nc3cc(C(F)(F)F)nc4ccc(Cl)cc34)CC2)CCO1. The number of carbonyl (C=O) groups excluding carboxylic acids is 1. The molecule has 9 heteroatoms. The molecule has 180 valence electrons. The summed E-state index contributed by atoms with van der Waals surface area (Å²) in [4.78, 5) is 16.5. The summed E-state index contributed by atoms with van der Waals surface area (Å²) in [7, 11) is 0. The maximum Gasteiger partial charge on any atom is 0.433 e. The van der Waals surface area contributed by atoms with Gasteiger partial charge in [0.25, 0.3) is 0 Å². The number of halogens is 4. The van der Waals surface area contributed by atoms with Crippen LogP contribution in [0.2, 0.25) is 5.02 Å². The Morgan fingerprint density at radius 1 is 1.12 bits per heavy atom. The van der Waals surface area contributed by atoms with Gasteiger partial charge in [-0.15, -0.1) is 0 Å². The summed E-state index contributed by atoms with van der Waals surface area (Å²) < 4.78 is 45.8. The largest absolute Gasteiger partial charge is 0.433 e. The molecule has 1 aromatic carbocycles. The van der Waals surface area contributed by atoms with E-state index in [9.17, 15) is 18.0 Å². The lowest BCUT2D eigenvalue weighted by Crippen LogP contribution is -2.46. The zero-order valence-corrected chi connectivity index (χ0v) is 19.5. The van der Waals surface area contributed by atoms with Crippen LogP contribution in [0, 0.1) is 5.92 Å². The van der Waals surface area contributed by atoms with E-state index >= 15 is 0 Å². The van der Waals surface area contributed by atoms with Crippen LogP contribution in [-0.4, -0.2) is 35.2 Å². The number of ether oxygens (including phenoxy) is 1. The van der Waals surface area contributed by atoms with E-state index in [4.69, 9.17) is 16.3 Å². The predicted molar refractivity (Wildman–Crippen MR) is 122 cm³/mol. The van der Waals surface area contributed by atoms with E-state index in [1.165, 1.54) is 12.1 Å². The molecular weight excluding hydrogens is 455 g/mol. The molecule has 1 aliphatic heterocycles. The van der Waals surface area contributed by atoms with Crippen LogP contribution in [-0.2, 0) is 15.7 Å². The Bertz CT molecular complexity index is 1020. The number of carbonyl (C=O) groups is 1. The fraction of sp³-hybridized carbons (Fsp3) is 0.583. The highest BCUT2D eigenvalue weighted by Crippen LogP contribution is 2.35. The van der Waals surface area contributed by atoms with Crippen molar-refractivity contribution >= 4 is 34.1 Å². The first-order valence-corrected chi connectivity index (χ1v) is 11.8. The van der Waals surface area contributed by atoms with Gasteiger partial charge in [0.05, 0.1) is 11.1 Å². The quantitative estimate of drug-likeness (QED) is 0.564. The zero-order chi connectivity index (χ0) is 23.8. The molecule has 2 fully saturated rings. The highest BCUT2D eigenvalue weighted by molar-refractivity contribution is 6.31. The van der Waals surface area contributed by atoms with Gasteiger partial charge in [-0.3, -0.25) is 4.79 Å². The summed E-state index contributed by atoms with van der Waals surface area (Å²) in [6, 6.07) is 5.81. The van der Waals surface area contributed by atoms with E-state index in [2.05, 4.69) is 15.6 Å². The Kier molecular flexibility index (Phi) is 6.78. The van der Waals surface area contributed by atoms with Gasteiger partial charge in [0.1, 0.15) is 5.69 Å². The highest BCUT2D eigenvalue weighted by Gasteiger charge is 2.35. The van der Waals surface area contributed by atoms with E-state index in [1.54, 1.807) is 6.07 Å². The summed E-state index contributed by atoms with van der Waals surface area (Å²) in [6.07, 6.45) is -0.0744. The zero-order valence-electron chi connectivity index (χ0n) is 18.8. The number of amides is 1. The second kappa shape index (κ2) is 9.29. The summed E-state index contributed by atoms with van der Waals surface area (Å²) >= 11 is 6.09. The number of alkyl halides is 3. The number of pyridine rings is 1. The second-order valence-electron chi connectivity index (χ2n) is 9.71. The van der Waals surface area contributed by atoms with Crippen molar-refractivity contribution in [2.24, 2.45) is 5.92 Å². The Balaban J connectivity index is 1.40. The molecule has 33 heavy (non-hydrogen) atoms. The molecule has 0 bridgehead atoms. The number of benzene rings is 1. The topological polar surface area (TPSA) is 63.2 Å². The molecule has 1 saturated heterocycles. The maximum atomic E-state index is 13.4. The van der Waals surface area contributed by atoms with Gasteiger partial charge in [-0.05, 0) is 76.6 Å². The van der Waals surface area contributed by atoms with E-state index in [0.29, 0.717) is 29.1 Å². The van der Waals surface area contributed by atoms with Gasteiger partial charge in [0.15, 0.2) is 0 Å². The number of anilines is 1. The lowest BCUT2D eigenvalue weighted by atomic mass is 9.86. The molecule has 1 amide bonds. The number of fused-ring (bicyclic) bond motifs is 1. The van der Waals surface area contributed by atoms with E-state index in [-0.39, 0.29) is 35.0 Å². The molecule has 1 aromatic heterocycles. The van der Waals surface area contributed by atoms with Gasteiger partial charge in [0.2, 0.25) is 5.91 Å². The molecule has 4 rings (SSSR count). The van der Waals surface area contributed by atoms with Crippen LogP contribution in [0.15, 0.2) is 24.3 Å². The number of nitrogens with zero attached hydrogens (tertiary/aromatic N) is 1. The number of aromatic nitrogens is 1. The fourth-order valence-corrected chi connectivity index (χ4v) is 5.01. The van der Waals surface area contributed by atoms with Crippen LogP contribution >= 0.6 is 11.6 Å². The molecule has 0 spiro atoms. The van der Waals surface area contributed by atoms with Crippen LogP contribution in [0.25, 0.3) is 10.9 Å². The molecule has 5 nitrogen and oxygen atoms in total. The molecule has 2 N–H and O–H groups in total. The number of hydrogen-bond donors (Lipinski definition) is 2. The molecule has 2 aliphatic rings. The van der Waals surface area contributed by atoms with Gasteiger partial charge in [-0.2, -0.15) is 13.2 Å². The van der Waals surface area contributed by atoms with Crippen molar-refractivity contribution in [2.75, 3.05) is 11.9 Å². The van der Waals surface area contributed by atoms with Crippen molar-refractivity contribution in [1.29, 1.82) is 0 Å². The fourth-order valence-electron chi connectivity index (χ4n) is 4.84. The maximum absolute atomic E-state index is 13.4. The van der Waals surface area contributed by atoms with Gasteiger partial charge >= 0.3 is 6.18 Å². The minimum Gasteiger partial charge on any atom is -0.382 e. The Labute approximate surface area is 196 Å².